The van der Waals surface area contributed by atoms with Crippen LogP contribution in [0.2, 0.25) is 0 Å². The predicted octanol–water partition coefficient (Wildman–Crippen LogP) is 0.878. The van der Waals surface area contributed by atoms with Gasteiger partial charge < -0.3 is 14.8 Å². The van der Waals surface area contributed by atoms with Crippen LogP contribution in [-0.4, -0.2) is 34.2 Å². The van der Waals surface area contributed by atoms with E-state index in [0.717, 1.165) is 11.5 Å². The normalized spacial score (nSPS) is 15.4. The molecule has 0 aliphatic rings. The molecule has 1 rings (SSSR count). The second kappa shape index (κ2) is 5.38. The van der Waals surface area contributed by atoms with Crippen molar-refractivity contribution in [1.82, 2.24) is 10.3 Å². The smallest absolute Gasteiger partial charge is 0.180 e. The lowest BCUT2D eigenvalue weighted by Crippen LogP contribution is -2.39. The minimum absolute atomic E-state index is 0.550. The van der Waals surface area contributed by atoms with E-state index >= 15 is 0 Å². The second-order valence-electron chi connectivity index (χ2n) is 3.50. The van der Waals surface area contributed by atoms with E-state index in [1.54, 1.807) is 18.0 Å². The van der Waals surface area contributed by atoms with Gasteiger partial charge in [-0.05, 0) is 13.2 Å². The average Bonchev–Trinajstić information content (AvgIpc) is 2.56. The number of hydrogen-bond acceptors (Lipinski definition) is 5. The first-order chi connectivity index (χ1) is 6.64. The topological polar surface area (TPSA) is 58.3 Å². The molecular formula is C9H16N2O2S. The molecule has 4 nitrogen and oxygen atoms in total. The Bertz CT molecular complexity index is 249. The van der Waals surface area contributed by atoms with Crippen LogP contribution in [0.15, 0.2) is 17.0 Å². The third kappa shape index (κ3) is 4.13. The zero-order chi connectivity index (χ0) is 10.4. The standard InChI is InChI=1S/C9H16N2O2S/c1-9(12,6-14-2)5-10-3-8-4-11-7-13-8/h4,7,10,12H,3,5-6H2,1-2H3. The zero-order valence-electron chi connectivity index (χ0n) is 8.49. The molecule has 0 spiro atoms. The number of nitrogens with zero attached hydrogens (tertiary/aromatic N) is 1. The summed E-state index contributed by atoms with van der Waals surface area (Å²) >= 11 is 1.63. The first-order valence-corrected chi connectivity index (χ1v) is 5.83. The van der Waals surface area contributed by atoms with E-state index in [9.17, 15) is 5.11 Å². The summed E-state index contributed by atoms with van der Waals surface area (Å²) in [5.74, 6) is 1.50. The molecule has 1 heterocycles. The summed E-state index contributed by atoms with van der Waals surface area (Å²) in [5.41, 5.74) is -0.667. The summed E-state index contributed by atoms with van der Waals surface area (Å²) in [6, 6.07) is 0. The fourth-order valence-electron chi connectivity index (χ4n) is 1.15. The maximum Gasteiger partial charge on any atom is 0.180 e. The van der Waals surface area contributed by atoms with E-state index in [1.165, 1.54) is 6.39 Å². The number of nitrogens with one attached hydrogen (secondary N) is 1. The number of aliphatic hydroxyl groups is 1. The lowest BCUT2D eigenvalue weighted by atomic mass is 10.1. The predicted molar refractivity (Wildman–Crippen MR) is 57.2 cm³/mol. The van der Waals surface area contributed by atoms with E-state index in [0.29, 0.717) is 13.1 Å². The quantitative estimate of drug-likeness (QED) is 0.739. The van der Waals surface area contributed by atoms with E-state index in [1.807, 2.05) is 13.2 Å². The van der Waals surface area contributed by atoms with Gasteiger partial charge in [-0.15, -0.1) is 0 Å². The van der Waals surface area contributed by atoms with Crippen LogP contribution < -0.4 is 5.32 Å². The van der Waals surface area contributed by atoms with Crippen molar-refractivity contribution >= 4 is 11.8 Å². The third-order valence-corrected chi connectivity index (χ3v) is 2.65. The van der Waals surface area contributed by atoms with Crippen molar-refractivity contribution in [2.75, 3.05) is 18.6 Å². The Kier molecular flexibility index (Phi) is 4.44. The van der Waals surface area contributed by atoms with Gasteiger partial charge in [-0.2, -0.15) is 11.8 Å². The molecule has 0 amide bonds. The van der Waals surface area contributed by atoms with E-state index < -0.39 is 5.60 Å². The second-order valence-corrected chi connectivity index (χ2v) is 4.37. The first-order valence-electron chi connectivity index (χ1n) is 4.43. The largest absolute Gasteiger partial charge is 0.447 e. The molecule has 14 heavy (non-hydrogen) atoms. The van der Waals surface area contributed by atoms with Crippen molar-refractivity contribution < 1.29 is 9.52 Å². The van der Waals surface area contributed by atoms with Gasteiger partial charge in [-0.3, -0.25) is 0 Å². The van der Waals surface area contributed by atoms with Crippen LogP contribution >= 0.6 is 11.8 Å². The zero-order valence-corrected chi connectivity index (χ0v) is 9.30. The van der Waals surface area contributed by atoms with Crippen LogP contribution in [0.1, 0.15) is 12.7 Å². The van der Waals surface area contributed by atoms with E-state index in [2.05, 4.69) is 10.3 Å². The number of oxazole rings is 1. The van der Waals surface area contributed by atoms with Crippen LogP contribution in [0.4, 0.5) is 0 Å². The Morgan fingerprint density at radius 2 is 2.50 bits per heavy atom. The van der Waals surface area contributed by atoms with Crippen LogP contribution in [0.5, 0.6) is 0 Å². The van der Waals surface area contributed by atoms with Crippen LogP contribution in [0.3, 0.4) is 0 Å². The number of hydrogen-bond donors (Lipinski definition) is 2. The lowest BCUT2D eigenvalue weighted by molar-refractivity contribution is 0.0840. The van der Waals surface area contributed by atoms with Crippen molar-refractivity contribution in [2.24, 2.45) is 0 Å². The molecule has 5 heteroatoms. The highest BCUT2D eigenvalue weighted by Gasteiger charge is 2.18. The minimum Gasteiger partial charge on any atom is -0.447 e. The molecule has 0 aliphatic carbocycles. The molecule has 1 atom stereocenters. The molecule has 1 unspecified atom stereocenters. The van der Waals surface area contributed by atoms with Crippen LogP contribution in [0, 0.1) is 0 Å². The highest BCUT2D eigenvalue weighted by molar-refractivity contribution is 7.98. The van der Waals surface area contributed by atoms with Crippen molar-refractivity contribution in [3.8, 4) is 0 Å². The van der Waals surface area contributed by atoms with Crippen molar-refractivity contribution in [2.45, 2.75) is 19.1 Å². The van der Waals surface area contributed by atoms with Gasteiger partial charge in [0.05, 0.1) is 18.3 Å². The monoisotopic (exact) mass is 216 g/mol. The van der Waals surface area contributed by atoms with Crippen molar-refractivity contribution in [3.05, 3.63) is 18.4 Å². The molecule has 0 saturated heterocycles. The molecule has 0 fully saturated rings. The fraction of sp³-hybridized carbons (Fsp3) is 0.667. The fourth-order valence-corrected chi connectivity index (χ4v) is 1.87. The molecule has 2 N–H and O–H groups in total. The summed E-state index contributed by atoms with van der Waals surface area (Å²) < 4.78 is 5.05. The van der Waals surface area contributed by atoms with Gasteiger partial charge in [0.25, 0.3) is 0 Å². The molecule has 0 aromatic carbocycles. The van der Waals surface area contributed by atoms with Gasteiger partial charge >= 0.3 is 0 Å². The Labute approximate surface area is 88.1 Å². The maximum absolute atomic E-state index is 9.81. The summed E-state index contributed by atoms with van der Waals surface area (Å²) in [5, 5.41) is 12.9. The average molecular weight is 216 g/mol. The van der Waals surface area contributed by atoms with Crippen LogP contribution in [-0.2, 0) is 6.54 Å². The van der Waals surface area contributed by atoms with Crippen molar-refractivity contribution in [1.29, 1.82) is 0 Å². The maximum atomic E-state index is 9.81. The first kappa shape index (κ1) is 11.6. The number of thioether (sulfide) groups is 1. The molecule has 1 aromatic rings. The molecule has 0 radical (unpaired) electrons. The summed E-state index contributed by atoms with van der Waals surface area (Å²) in [6.07, 6.45) is 5.04. The Morgan fingerprint density at radius 3 is 3.07 bits per heavy atom. The summed E-state index contributed by atoms with van der Waals surface area (Å²) in [6.45, 7) is 2.97. The van der Waals surface area contributed by atoms with Gasteiger partial charge in [0.2, 0.25) is 0 Å². The Balaban J connectivity index is 2.20. The number of aromatic nitrogens is 1. The van der Waals surface area contributed by atoms with Gasteiger partial charge in [0.15, 0.2) is 6.39 Å². The van der Waals surface area contributed by atoms with Gasteiger partial charge in [-0.1, -0.05) is 0 Å². The molecule has 1 aromatic heterocycles. The highest BCUT2D eigenvalue weighted by atomic mass is 32.2. The lowest BCUT2D eigenvalue weighted by Gasteiger charge is -2.22. The Hall–Kier alpha value is -0.520. The van der Waals surface area contributed by atoms with Gasteiger partial charge in [-0.25, -0.2) is 4.98 Å². The minimum atomic E-state index is -0.667. The van der Waals surface area contributed by atoms with Gasteiger partial charge in [0, 0.05) is 12.3 Å². The molecule has 0 saturated carbocycles. The summed E-state index contributed by atoms with van der Waals surface area (Å²) in [4.78, 5) is 3.80. The van der Waals surface area contributed by atoms with Crippen LogP contribution in [0.25, 0.3) is 0 Å². The SMILES string of the molecule is CSCC(C)(O)CNCc1cnco1. The van der Waals surface area contributed by atoms with Gasteiger partial charge in [0.1, 0.15) is 5.76 Å². The summed E-state index contributed by atoms with van der Waals surface area (Å²) in [7, 11) is 0. The molecule has 0 aliphatic heterocycles. The molecule has 80 valence electrons. The van der Waals surface area contributed by atoms with Crippen molar-refractivity contribution in [3.63, 3.8) is 0 Å². The highest BCUT2D eigenvalue weighted by Crippen LogP contribution is 2.09. The molecule has 0 bridgehead atoms. The van der Waals surface area contributed by atoms with E-state index in [4.69, 9.17) is 4.42 Å². The van der Waals surface area contributed by atoms with E-state index in [-0.39, 0.29) is 0 Å². The molecular weight excluding hydrogens is 200 g/mol. The Morgan fingerprint density at radius 1 is 1.71 bits per heavy atom. The number of rotatable bonds is 6. The third-order valence-electron chi connectivity index (χ3n) is 1.74.